The number of hydrogen-bond donors (Lipinski definition) is 1. The SMILES string of the molecule is CC1CCN(CCCNC(=O)[C@@H](C)N2c3cccc4cccc(c34)S2(=O)=O)CC1. The lowest BCUT2D eigenvalue weighted by atomic mass is 9.99. The van der Waals surface area contributed by atoms with E-state index < -0.39 is 16.1 Å². The van der Waals surface area contributed by atoms with Crippen molar-refractivity contribution < 1.29 is 13.2 Å². The zero-order valence-corrected chi connectivity index (χ0v) is 17.9. The van der Waals surface area contributed by atoms with Gasteiger partial charge in [-0.15, -0.1) is 0 Å². The second-order valence-electron chi connectivity index (χ2n) is 8.28. The molecule has 156 valence electrons. The maximum Gasteiger partial charge on any atom is 0.265 e. The summed E-state index contributed by atoms with van der Waals surface area (Å²) in [4.78, 5) is 15.5. The van der Waals surface area contributed by atoms with Gasteiger partial charge in [0.05, 0.1) is 10.6 Å². The van der Waals surface area contributed by atoms with Crippen LogP contribution in [0.1, 0.15) is 33.1 Å². The fourth-order valence-electron chi connectivity index (χ4n) is 4.39. The molecule has 2 heterocycles. The third-order valence-electron chi connectivity index (χ3n) is 6.18. The Labute approximate surface area is 172 Å². The minimum Gasteiger partial charge on any atom is -0.354 e. The van der Waals surface area contributed by atoms with Crippen LogP contribution in [0.3, 0.4) is 0 Å². The van der Waals surface area contributed by atoms with Crippen LogP contribution >= 0.6 is 0 Å². The fourth-order valence-corrected chi connectivity index (χ4v) is 6.26. The summed E-state index contributed by atoms with van der Waals surface area (Å²) in [5, 5.41) is 4.51. The predicted octanol–water partition coefficient (Wildman–Crippen LogP) is 2.98. The Bertz CT molecular complexity index is 1010. The van der Waals surface area contributed by atoms with Crippen molar-refractivity contribution in [2.24, 2.45) is 5.92 Å². The molecular weight excluding hydrogens is 386 g/mol. The summed E-state index contributed by atoms with van der Waals surface area (Å²) < 4.78 is 27.5. The third kappa shape index (κ3) is 3.73. The third-order valence-corrected chi connectivity index (χ3v) is 8.10. The van der Waals surface area contributed by atoms with Crippen LogP contribution in [-0.4, -0.2) is 51.4 Å². The summed E-state index contributed by atoms with van der Waals surface area (Å²) in [6.07, 6.45) is 3.35. The van der Waals surface area contributed by atoms with Crippen LogP contribution in [0.5, 0.6) is 0 Å². The number of anilines is 1. The Kier molecular flexibility index (Phi) is 5.53. The van der Waals surface area contributed by atoms with Crippen LogP contribution < -0.4 is 9.62 Å². The van der Waals surface area contributed by atoms with E-state index in [0.717, 1.165) is 37.4 Å². The number of amides is 1. The van der Waals surface area contributed by atoms with Gasteiger partial charge in [0, 0.05) is 11.9 Å². The molecule has 0 bridgehead atoms. The quantitative estimate of drug-likeness (QED) is 0.737. The molecule has 1 fully saturated rings. The predicted molar refractivity (Wildman–Crippen MR) is 116 cm³/mol. The van der Waals surface area contributed by atoms with E-state index in [-0.39, 0.29) is 10.8 Å². The molecule has 0 aromatic heterocycles. The lowest BCUT2D eigenvalue weighted by Gasteiger charge is -2.30. The highest BCUT2D eigenvalue weighted by Gasteiger charge is 2.40. The summed E-state index contributed by atoms with van der Waals surface area (Å²) in [5.41, 5.74) is 0.586. The molecule has 2 aliphatic rings. The lowest BCUT2D eigenvalue weighted by molar-refractivity contribution is -0.121. The van der Waals surface area contributed by atoms with Gasteiger partial charge in [-0.2, -0.15) is 0 Å². The second kappa shape index (κ2) is 7.95. The van der Waals surface area contributed by atoms with Crippen molar-refractivity contribution >= 4 is 32.4 Å². The molecule has 1 atom stereocenters. The molecule has 0 spiro atoms. The van der Waals surface area contributed by atoms with Crippen LogP contribution in [0, 0.1) is 5.92 Å². The molecule has 0 aliphatic carbocycles. The first-order valence-corrected chi connectivity index (χ1v) is 11.9. The van der Waals surface area contributed by atoms with Crippen molar-refractivity contribution in [3.63, 3.8) is 0 Å². The minimum absolute atomic E-state index is 0.259. The number of sulfonamides is 1. The van der Waals surface area contributed by atoms with Crippen LogP contribution in [0.4, 0.5) is 5.69 Å². The molecule has 0 unspecified atom stereocenters. The Morgan fingerprint density at radius 2 is 1.86 bits per heavy atom. The maximum absolute atomic E-state index is 13.1. The number of carbonyl (C=O) groups is 1. The highest BCUT2D eigenvalue weighted by atomic mass is 32.2. The molecule has 29 heavy (non-hydrogen) atoms. The van der Waals surface area contributed by atoms with E-state index >= 15 is 0 Å². The first-order chi connectivity index (χ1) is 13.9. The number of likely N-dealkylation sites (tertiary alicyclic amines) is 1. The van der Waals surface area contributed by atoms with Gasteiger partial charge in [-0.3, -0.25) is 9.10 Å². The molecule has 6 nitrogen and oxygen atoms in total. The topological polar surface area (TPSA) is 69.7 Å². The van der Waals surface area contributed by atoms with E-state index in [1.165, 1.54) is 17.1 Å². The standard InChI is InChI=1S/C22H29N3O3S/c1-16-10-14-24(15-11-16)13-5-12-23-22(26)17(2)25-19-8-3-6-18-7-4-9-20(21(18)19)29(25,27)28/h3-4,6-9,16-17H,5,10-15H2,1-2H3,(H,23,26)/t17-/m1/s1. The van der Waals surface area contributed by atoms with Crippen LogP contribution in [0.15, 0.2) is 41.3 Å². The van der Waals surface area contributed by atoms with E-state index in [0.29, 0.717) is 17.6 Å². The Morgan fingerprint density at radius 1 is 1.17 bits per heavy atom. The highest BCUT2D eigenvalue weighted by molar-refractivity contribution is 7.93. The minimum atomic E-state index is -3.73. The molecule has 4 rings (SSSR count). The van der Waals surface area contributed by atoms with E-state index in [1.54, 1.807) is 25.1 Å². The van der Waals surface area contributed by atoms with E-state index in [2.05, 4.69) is 17.1 Å². The zero-order valence-electron chi connectivity index (χ0n) is 17.1. The van der Waals surface area contributed by atoms with Gasteiger partial charge in [0.15, 0.2) is 0 Å². The van der Waals surface area contributed by atoms with Crippen LogP contribution in [0.25, 0.3) is 10.8 Å². The molecule has 2 aromatic carbocycles. The number of nitrogens with zero attached hydrogens (tertiary/aromatic N) is 2. The van der Waals surface area contributed by atoms with Gasteiger partial charge in [0.25, 0.3) is 10.0 Å². The Hall–Kier alpha value is -2.12. The monoisotopic (exact) mass is 415 g/mol. The van der Waals surface area contributed by atoms with Gasteiger partial charge in [-0.1, -0.05) is 31.2 Å². The van der Waals surface area contributed by atoms with Gasteiger partial charge < -0.3 is 10.2 Å². The van der Waals surface area contributed by atoms with Crippen molar-refractivity contribution in [2.45, 2.75) is 44.0 Å². The van der Waals surface area contributed by atoms with Crippen molar-refractivity contribution in [3.05, 3.63) is 36.4 Å². The van der Waals surface area contributed by atoms with Crippen molar-refractivity contribution in [3.8, 4) is 0 Å². The smallest absolute Gasteiger partial charge is 0.265 e. The molecule has 1 N–H and O–H groups in total. The lowest BCUT2D eigenvalue weighted by Crippen LogP contribution is -2.47. The second-order valence-corrected chi connectivity index (χ2v) is 10.1. The number of hydrogen-bond acceptors (Lipinski definition) is 4. The molecule has 1 saturated heterocycles. The number of benzene rings is 2. The summed E-state index contributed by atoms with van der Waals surface area (Å²) >= 11 is 0. The van der Waals surface area contributed by atoms with Gasteiger partial charge in [0.1, 0.15) is 6.04 Å². The number of piperidine rings is 1. The van der Waals surface area contributed by atoms with E-state index in [9.17, 15) is 13.2 Å². The van der Waals surface area contributed by atoms with Gasteiger partial charge >= 0.3 is 0 Å². The summed E-state index contributed by atoms with van der Waals surface area (Å²) in [6, 6.07) is 9.96. The normalized spacial score (nSPS) is 20.1. The Morgan fingerprint density at radius 3 is 2.59 bits per heavy atom. The first-order valence-electron chi connectivity index (χ1n) is 10.5. The molecule has 0 saturated carbocycles. The molecule has 2 aliphatic heterocycles. The molecule has 1 amide bonds. The molecular formula is C22H29N3O3S. The number of carbonyl (C=O) groups excluding carboxylic acids is 1. The van der Waals surface area contributed by atoms with Crippen molar-refractivity contribution in [2.75, 3.05) is 30.5 Å². The highest BCUT2D eigenvalue weighted by Crippen LogP contribution is 2.43. The summed E-state index contributed by atoms with van der Waals surface area (Å²) in [7, 11) is -3.73. The van der Waals surface area contributed by atoms with E-state index in [1.807, 2.05) is 18.2 Å². The van der Waals surface area contributed by atoms with E-state index in [4.69, 9.17) is 0 Å². The zero-order chi connectivity index (χ0) is 20.6. The maximum atomic E-state index is 13.1. The molecule has 2 aromatic rings. The van der Waals surface area contributed by atoms with Gasteiger partial charge in [-0.05, 0) is 69.3 Å². The average molecular weight is 416 g/mol. The average Bonchev–Trinajstić information content (AvgIpc) is 2.94. The van der Waals surface area contributed by atoms with Gasteiger partial charge in [0.2, 0.25) is 5.91 Å². The summed E-state index contributed by atoms with van der Waals surface area (Å²) in [6.45, 7) is 7.72. The van der Waals surface area contributed by atoms with Crippen LogP contribution in [0.2, 0.25) is 0 Å². The Balaban J connectivity index is 1.40. The van der Waals surface area contributed by atoms with Crippen LogP contribution in [-0.2, 0) is 14.8 Å². The van der Waals surface area contributed by atoms with Gasteiger partial charge in [-0.25, -0.2) is 8.42 Å². The number of rotatable bonds is 6. The van der Waals surface area contributed by atoms with Crippen molar-refractivity contribution in [1.82, 2.24) is 10.2 Å². The molecule has 7 heteroatoms. The first kappa shape index (κ1) is 20.2. The molecule has 0 radical (unpaired) electrons. The largest absolute Gasteiger partial charge is 0.354 e. The van der Waals surface area contributed by atoms with Crippen molar-refractivity contribution in [1.29, 1.82) is 0 Å². The number of nitrogens with one attached hydrogen (secondary N) is 1. The fraction of sp³-hybridized carbons (Fsp3) is 0.500. The summed E-state index contributed by atoms with van der Waals surface area (Å²) in [5.74, 6) is 0.549.